The van der Waals surface area contributed by atoms with E-state index in [0.717, 1.165) is 5.56 Å². The van der Waals surface area contributed by atoms with E-state index in [1.54, 1.807) is 54.1 Å². The molecule has 2 amide bonds. The number of rotatable bonds is 7. The third kappa shape index (κ3) is 11.3. The van der Waals surface area contributed by atoms with Crippen molar-refractivity contribution in [1.29, 1.82) is 0 Å². The standard InChI is InChI=1S/C24H30F2N6O2.C3H8.C2H6/c1-4-21(18-7-5-8-20(13-18)31-11-6-10-24(25,26)16-31)29-17(2)30-22(33)14-28-23(34)19-9-12-32(15-19)27-3;1-3-2;1-2/h4-5,7-9,12-13,15,27H,6,10-11,14,16H2,1-3H3,(H,28,34)(H,29,30,33);3H2,1-2H3;1-2H3/b21-4-;;. The predicted molar refractivity (Wildman–Crippen MR) is 157 cm³/mol. The van der Waals surface area contributed by atoms with Gasteiger partial charge in [-0.2, -0.15) is 0 Å². The van der Waals surface area contributed by atoms with Gasteiger partial charge in [0.1, 0.15) is 5.84 Å². The zero-order valence-electron chi connectivity index (χ0n) is 24.3. The Morgan fingerprint density at radius 1 is 1.15 bits per heavy atom. The lowest BCUT2D eigenvalue weighted by Crippen LogP contribution is -2.42. The van der Waals surface area contributed by atoms with Crippen molar-refractivity contribution in [3.63, 3.8) is 0 Å². The van der Waals surface area contributed by atoms with Crippen LogP contribution in [0, 0.1) is 0 Å². The van der Waals surface area contributed by atoms with E-state index in [1.165, 1.54) is 6.42 Å². The number of hydrogen-bond acceptors (Lipinski definition) is 5. The minimum absolute atomic E-state index is 0.0877. The van der Waals surface area contributed by atoms with Crippen LogP contribution in [0.5, 0.6) is 0 Å². The Kier molecular flexibility index (Phi) is 14.5. The SMILES string of the molecule is C/C=C(\N=C(C)NC(=O)CNC(=O)c1ccn(NC)c1)c1cccc(N2CCCC(F)(F)C2)c1.CC.CCC. The van der Waals surface area contributed by atoms with Crippen LogP contribution in [-0.4, -0.2) is 54.9 Å². The highest BCUT2D eigenvalue weighted by Gasteiger charge is 2.35. The van der Waals surface area contributed by atoms with E-state index in [2.05, 4.69) is 34.9 Å². The highest BCUT2D eigenvalue weighted by Crippen LogP contribution is 2.31. The van der Waals surface area contributed by atoms with Crippen molar-refractivity contribution in [2.45, 2.75) is 66.7 Å². The number of piperidine rings is 1. The first-order valence-corrected chi connectivity index (χ1v) is 13.5. The summed E-state index contributed by atoms with van der Waals surface area (Å²) < 4.78 is 29.3. The van der Waals surface area contributed by atoms with Crippen LogP contribution in [0.4, 0.5) is 14.5 Å². The lowest BCUT2D eigenvalue weighted by Gasteiger charge is -2.34. The molecule has 0 atom stereocenters. The van der Waals surface area contributed by atoms with E-state index >= 15 is 0 Å². The number of amidine groups is 1. The molecule has 10 heteroatoms. The molecule has 0 saturated carbocycles. The van der Waals surface area contributed by atoms with Crippen LogP contribution in [0.1, 0.15) is 76.7 Å². The maximum absolute atomic E-state index is 13.8. The van der Waals surface area contributed by atoms with Crippen LogP contribution in [0.25, 0.3) is 5.70 Å². The quantitative estimate of drug-likeness (QED) is 0.309. The van der Waals surface area contributed by atoms with Crippen molar-refractivity contribution in [3.05, 3.63) is 59.9 Å². The lowest BCUT2D eigenvalue weighted by atomic mass is 10.0. The van der Waals surface area contributed by atoms with Crippen molar-refractivity contribution in [2.75, 3.05) is 37.0 Å². The molecule has 39 heavy (non-hydrogen) atoms. The normalized spacial score (nSPS) is 14.7. The van der Waals surface area contributed by atoms with Crippen LogP contribution in [0.3, 0.4) is 0 Å². The van der Waals surface area contributed by atoms with E-state index in [9.17, 15) is 18.4 Å². The van der Waals surface area contributed by atoms with Crippen molar-refractivity contribution < 1.29 is 18.4 Å². The number of anilines is 1. The van der Waals surface area contributed by atoms with Crippen LogP contribution in [-0.2, 0) is 4.79 Å². The fourth-order valence-electron chi connectivity index (χ4n) is 3.73. The molecular formula is C29H44F2N6O2. The number of carbonyl (C=O) groups is 2. The molecule has 1 aromatic heterocycles. The van der Waals surface area contributed by atoms with Crippen molar-refractivity contribution >= 4 is 29.0 Å². The Morgan fingerprint density at radius 2 is 1.85 bits per heavy atom. The van der Waals surface area contributed by atoms with Crippen LogP contribution in [0.2, 0.25) is 0 Å². The van der Waals surface area contributed by atoms with Gasteiger partial charge in [0.25, 0.3) is 11.8 Å². The number of hydrogen-bond donors (Lipinski definition) is 3. The second kappa shape index (κ2) is 17.0. The number of carbonyl (C=O) groups excluding carboxylic acids is 2. The van der Waals surface area contributed by atoms with Crippen molar-refractivity contribution in [1.82, 2.24) is 15.3 Å². The zero-order valence-corrected chi connectivity index (χ0v) is 24.3. The summed E-state index contributed by atoms with van der Waals surface area (Å²) in [6.07, 6.45) is 6.69. The molecule has 3 rings (SSSR count). The minimum Gasteiger partial charge on any atom is -0.365 e. The Morgan fingerprint density at radius 3 is 2.44 bits per heavy atom. The van der Waals surface area contributed by atoms with E-state index in [1.807, 2.05) is 39.0 Å². The van der Waals surface area contributed by atoms with Gasteiger partial charge >= 0.3 is 0 Å². The molecule has 0 bridgehead atoms. The van der Waals surface area contributed by atoms with E-state index in [-0.39, 0.29) is 25.4 Å². The van der Waals surface area contributed by atoms with E-state index in [0.29, 0.717) is 35.7 Å². The van der Waals surface area contributed by atoms with Crippen LogP contribution >= 0.6 is 0 Å². The molecular weight excluding hydrogens is 502 g/mol. The summed E-state index contributed by atoms with van der Waals surface area (Å²) in [6, 6.07) is 8.92. The topological polar surface area (TPSA) is 90.8 Å². The summed E-state index contributed by atoms with van der Waals surface area (Å²) in [5.74, 6) is -3.12. The molecule has 0 aliphatic carbocycles. The fourth-order valence-corrected chi connectivity index (χ4v) is 3.73. The van der Waals surface area contributed by atoms with Gasteiger partial charge in [0.2, 0.25) is 5.91 Å². The molecule has 1 aromatic carbocycles. The van der Waals surface area contributed by atoms with Crippen molar-refractivity contribution in [3.8, 4) is 0 Å². The molecule has 0 spiro atoms. The number of nitrogens with zero attached hydrogens (tertiary/aromatic N) is 3. The fraction of sp³-hybridized carbons (Fsp3) is 0.483. The zero-order chi connectivity index (χ0) is 29.4. The van der Waals surface area contributed by atoms with E-state index < -0.39 is 11.8 Å². The van der Waals surface area contributed by atoms with E-state index in [4.69, 9.17) is 0 Å². The third-order valence-corrected chi connectivity index (χ3v) is 5.40. The van der Waals surface area contributed by atoms with Gasteiger partial charge < -0.3 is 21.0 Å². The predicted octanol–water partition coefficient (Wildman–Crippen LogP) is 5.66. The second-order valence-electron chi connectivity index (χ2n) is 8.77. The molecule has 0 radical (unpaired) electrons. The first-order valence-electron chi connectivity index (χ1n) is 13.5. The largest absolute Gasteiger partial charge is 0.365 e. The molecule has 8 nitrogen and oxygen atoms in total. The maximum atomic E-state index is 13.8. The Labute approximate surface area is 231 Å². The van der Waals surface area contributed by atoms with Gasteiger partial charge in [0, 0.05) is 43.7 Å². The minimum atomic E-state index is -2.69. The summed E-state index contributed by atoms with van der Waals surface area (Å²) in [7, 11) is 1.72. The Balaban J connectivity index is 0.00000142. The monoisotopic (exact) mass is 546 g/mol. The van der Waals surface area contributed by atoms with Gasteiger partial charge in [-0.25, -0.2) is 13.8 Å². The number of nitrogens with one attached hydrogen (secondary N) is 3. The molecule has 1 saturated heterocycles. The van der Waals surface area contributed by atoms with Crippen LogP contribution in [0.15, 0.2) is 53.8 Å². The average Bonchev–Trinajstić information content (AvgIpc) is 3.41. The van der Waals surface area contributed by atoms with Gasteiger partial charge in [0.15, 0.2) is 0 Å². The number of allylic oxidation sites excluding steroid dienone is 1. The summed E-state index contributed by atoms with van der Waals surface area (Å²) in [5.41, 5.74) is 5.35. The van der Waals surface area contributed by atoms with Gasteiger partial charge in [-0.15, -0.1) is 0 Å². The molecule has 2 heterocycles. The van der Waals surface area contributed by atoms with Crippen LogP contribution < -0.4 is 21.0 Å². The number of aliphatic imine (C=N–C) groups is 1. The number of amides is 2. The molecule has 3 N–H and O–H groups in total. The van der Waals surface area contributed by atoms with Gasteiger partial charge in [-0.05, 0) is 38.5 Å². The number of alkyl halides is 2. The molecule has 1 aliphatic heterocycles. The molecule has 1 aliphatic rings. The number of halogens is 2. The first kappa shape index (κ1) is 33.3. The number of benzene rings is 1. The number of aromatic nitrogens is 1. The van der Waals surface area contributed by atoms with Gasteiger partial charge in [-0.3, -0.25) is 14.3 Å². The molecule has 216 valence electrons. The maximum Gasteiger partial charge on any atom is 0.265 e. The van der Waals surface area contributed by atoms with Gasteiger partial charge in [0.05, 0.1) is 24.4 Å². The first-order chi connectivity index (χ1) is 18.6. The highest BCUT2D eigenvalue weighted by molar-refractivity contribution is 6.02. The Hall–Kier alpha value is -3.69. The smallest absolute Gasteiger partial charge is 0.265 e. The summed E-state index contributed by atoms with van der Waals surface area (Å²) in [5, 5.41) is 5.22. The van der Waals surface area contributed by atoms with Gasteiger partial charge in [-0.1, -0.05) is 52.3 Å². The summed E-state index contributed by atoms with van der Waals surface area (Å²) >= 11 is 0. The average molecular weight is 547 g/mol. The second-order valence-corrected chi connectivity index (χ2v) is 8.77. The molecule has 1 fully saturated rings. The highest BCUT2D eigenvalue weighted by atomic mass is 19.3. The lowest BCUT2D eigenvalue weighted by molar-refractivity contribution is -0.118. The molecule has 0 unspecified atom stereocenters. The Bertz CT molecular complexity index is 1110. The summed E-state index contributed by atoms with van der Waals surface area (Å²) in [6.45, 7) is 11.8. The summed E-state index contributed by atoms with van der Waals surface area (Å²) in [4.78, 5) is 30.6. The third-order valence-electron chi connectivity index (χ3n) is 5.40. The van der Waals surface area contributed by atoms with Crippen molar-refractivity contribution in [2.24, 2.45) is 4.99 Å². The molecule has 2 aromatic rings.